The Balaban J connectivity index is 1.81. The van der Waals surface area contributed by atoms with Crippen LogP contribution in [-0.4, -0.2) is 35.0 Å². The number of benzene rings is 2. The van der Waals surface area contributed by atoms with Gasteiger partial charge < -0.3 is 10.0 Å². The summed E-state index contributed by atoms with van der Waals surface area (Å²) in [7, 11) is 0. The minimum atomic E-state index is -1.16. The number of carboxylic acid groups (broad SMARTS) is 1. The Labute approximate surface area is 139 Å². The second-order valence-electron chi connectivity index (χ2n) is 5.93. The SMILES string of the molecule is O=C(O)c1ccc(-c2ccc(C(=O)N3CCCCC3)cc2)c(F)c1. The number of hydrogen-bond acceptors (Lipinski definition) is 2. The maximum absolute atomic E-state index is 14.1. The number of hydrogen-bond donors (Lipinski definition) is 1. The smallest absolute Gasteiger partial charge is 0.335 e. The van der Waals surface area contributed by atoms with E-state index in [1.54, 1.807) is 24.3 Å². The van der Waals surface area contributed by atoms with Crippen molar-refractivity contribution in [3.05, 3.63) is 59.4 Å². The van der Waals surface area contributed by atoms with Crippen LogP contribution in [0.2, 0.25) is 0 Å². The van der Waals surface area contributed by atoms with Gasteiger partial charge in [0.05, 0.1) is 5.56 Å². The van der Waals surface area contributed by atoms with Gasteiger partial charge in [-0.05, 0) is 49.1 Å². The number of amides is 1. The average molecular weight is 327 g/mol. The second kappa shape index (κ2) is 6.83. The Morgan fingerprint density at radius 2 is 1.54 bits per heavy atom. The van der Waals surface area contributed by atoms with Crippen LogP contribution in [0.4, 0.5) is 4.39 Å². The van der Waals surface area contributed by atoms with Gasteiger partial charge >= 0.3 is 5.97 Å². The highest BCUT2D eigenvalue weighted by atomic mass is 19.1. The van der Waals surface area contributed by atoms with Crippen molar-refractivity contribution in [3.63, 3.8) is 0 Å². The van der Waals surface area contributed by atoms with Crippen molar-refractivity contribution >= 4 is 11.9 Å². The van der Waals surface area contributed by atoms with Gasteiger partial charge in [-0.3, -0.25) is 4.79 Å². The standard InChI is InChI=1S/C19H18FNO3/c20-17-12-15(19(23)24)8-9-16(17)13-4-6-14(7-5-13)18(22)21-10-2-1-3-11-21/h4-9,12H,1-3,10-11H2,(H,23,24). The number of likely N-dealkylation sites (tertiary alicyclic amines) is 1. The van der Waals surface area contributed by atoms with E-state index in [1.807, 2.05) is 4.90 Å². The number of carbonyl (C=O) groups is 2. The highest BCUT2D eigenvalue weighted by molar-refractivity contribution is 5.95. The number of halogens is 1. The van der Waals surface area contributed by atoms with Crippen molar-refractivity contribution in [1.29, 1.82) is 0 Å². The summed E-state index contributed by atoms with van der Waals surface area (Å²) >= 11 is 0. The highest BCUT2D eigenvalue weighted by Crippen LogP contribution is 2.25. The predicted octanol–water partition coefficient (Wildman–Crippen LogP) is 3.82. The van der Waals surface area contributed by atoms with Crippen LogP contribution in [-0.2, 0) is 0 Å². The molecular weight excluding hydrogens is 309 g/mol. The summed E-state index contributed by atoms with van der Waals surface area (Å²) in [5.74, 6) is -1.75. The summed E-state index contributed by atoms with van der Waals surface area (Å²) in [6.45, 7) is 1.57. The van der Waals surface area contributed by atoms with Crippen LogP contribution in [0.5, 0.6) is 0 Å². The Kier molecular flexibility index (Phi) is 4.60. The van der Waals surface area contributed by atoms with E-state index < -0.39 is 11.8 Å². The molecule has 4 nitrogen and oxygen atoms in total. The summed E-state index contributed by atoms with van der Waals surface area (Å²) in [5.41, 5.74) is 1.42. The van der Waals surface area contributed by atoms with E-state index in [1.165, 1.54) is 12.1 Å². The van der Waals surface area contributed by atoms with Gasteiger partial charge in [-0.2, -0.15) is 0 Å². The molecule has 1 fully saturated rings. The fourth-order valence-electron chi connectivity index (χ4n) is 2.95. The maximum atomic E-state index is 14.1. The zero-order valence-corrected chi connectivity index (χ0v) is 13.2. The molecule has 0 bridgehead atoms. The van der Waals surface area contributed by atoms with Gasteiger partial charge in [0, 0.05) is 24.2 Å². The number of carbonyl (C=O) groups excluding carboxylic acids is 1. The molecular formula is C19H18FNO3. The van der Waals surface area contributed by atoms with Crippen LogP contribution in [0.25, 0.3) is 11.1 Å². The summed E-state index contributed by atoms with van der Waals surface area (Å²) in [4.78, 5) is 25.1. The summed E-state index contributed by atoms with van der Waals surface area (Å²) in [6, 6.07) is 10.6. The number of nitrogens with zero attached hydrogens (tertiary/aromatic N) is 1. The normalized spacial score (nSPS) is 14.5. The topological polar surface area (TPSA) is 57.6 Å². The molecule has 0 aliphatic carbocycles. The lowest BCUT2D eigenvalue weighted by Gasteiger charge is -2.26. The Hall–Kier alpha value is -2.69. The van der Waals surface area contributed by atoms with E-state index in [0.29, 0.717) is 16.7 Å². The third-order valence-electron chi connectivity index (χ3n) is 4.30. The van der Waals surface area contributed by atoms with Crippen molar-refractivity contribution in [2.75, 3.05) is 13.1 Å². The molecule has 124 valence electrons. The molecule has 5 heteroatoms. The first-order valence-corrected chi connectivity index (χ1v) is 7.99. The fraction of sp³-hybridized carbons (Fsp3) is 0.263. The third-order valence-corrected chi connectivity index (χ3v) is 4.30. The molecule has 1 saturated heterocycles. The molecule has 2 aromatic carbocycles. The number of aromatic carboxylic acids is 1. The van der Waals surface area contributed by atoms with Crippen LogP contribution < -0.4 is 0 Å². The first kappa shape index (κ1) is 16.2. The van der Waals surface area contributed by atoms with Crippen LogP contribution in [0, 0.1) is 5.82 Å². The molecule has 24 heavy (non-hydrogen) atoms. The van der Waals surface area contributed by atoms with Gasteiger partial charge in [0.25, 0.3) is 5.91 Å². The molecule has 3 rings (SSSR count). The molecule has 0 atom stereocenters. The molecule has 0 saturated carbocycles. The quantitative estimate of drug-likeness (QED) is 0.932. The van der Waals surface area contributed by atoms with E-state index in [9.17, 15) is 14.0 Å². The van der Waals surface area contributed by atoms with Gasteiger partial charge in [0.1, 0.15) is 5.82 Å². The lowest BCUT2D eigenvalue weighted by Crippen LogP contribution is -2.35. The molecule has 1 heterocycles. The van der Waals surface area contributed by atoms with Gasteiger partial charge in [0.2, 0.25) is 0 Å². The zero-order valence-electron chi connectivity index (χ0n) is 13.2. The molecule has 1 aliphatic rings. The fourth-order valence-corrected chi connectivity index (χ4v) is 2.95. The monoisotopic (exact) mass is 327 g/mol. The molecule has 1 aliphatic heterocycles. The van der Waals surface area contributed by atoms with Crippen molar-refractivity contribution in [2.45, 2.75) is 19.3 Å². The number of piperidine rings is 1. The molecule has 0 unspecified atom stereocenters. The summed E-state index contributed by atoms with van der Waals surface area (Å²) in [6.07, 6.45) is 3.23. The molecule has 0 spiro atoms. The average Bonchev–Trinajstić information content (AvgIpc) is 2.62. The Morgan fingerprint density at radius 3 is 2.12 bits per heavy atom. The van der Waals surface area contributed by atoms with Crippen molar-refractivity contribution in [3.8, 4) is 11.1 Å². The number of rotatable bonds is 3. The molecule has 2 aromatic rings. The van der Waals surface area contributed by atoms with E-state index in [4.69, 9.17) is 5.11 Å². The van der Waals surface area contributed by atoms with Crippen molar-refractivity contribution in [1.82, 2.24) is 4.90 Å². The zero-order chi connectivity index (χ0) is 17.1. The molecule has 0 aromatic heterocycles. The first-order valence-electron chi connectivity index (χ1n) is 7.99. The summed E-state index contributed by atoms with van der Waals surface area (Å²) in [5, 5.41) is 8.88. The minimum absolute atomic E-state index is 0.00273. The van der Waals surface area contributed by atoms with E-state index in [0.717, 1.165) is 38.4 Å². The third kappa shape index (κ3) is 3.30. The van der Waals surface area contributed by atoms with E-state index in [-0.39, 0.29) is 11.5 Å². The molecule has 1 N–H and O–H groups in total. The lowest BCUT2D eigenvalue weighted by molar-refractivity contribution is 0.0693. The van der Waals surface area contributed by atoms with Gasteiger partial charge in [-0.1, -0.05) is 18.2 Å². The number of carboxylic acids is 1. The van der Waals surface area contributed by atoms with Gasteiger partial charge in [0.15, 0.2) is 0 Å². The minimum Gasteiger partial charge on any atom is -0.478 e. The predicted molar refractivity (Wildman–Crippen MR) is 88.5 cm³/mol. The second-order valence-corrected chi connectivity index (χ2v) is 5.93. The van der Waals surface area contributed by atoms with Crippen molar-refractivity contribution in [2.24, 2.45) is 0 Å². The van der Waals surface area contributed by atoms with Gasteiger partial charge in [-0.25, -0.2) is 9.18 Å². The highest BCUT2D eigenvalue weighted by Gasteiger charge is 2.18. The largest absolute Gasteiger partial charge is 0.478 e. The summed E-state index contributed by atoms with van der Waals surface area (Å²) < 4.78 is 14.1. The maximum Gasteiger partial charge on any atom is 0.335 e. The molecule has 1 amide bonds. The molecule has 0 radical (unpaired) electrons. The van der Waals surface area contributed by atoms with Gasteiger partial charge in [-0.15, -0.1) is 0 Å². The van der Waals surface area contributed by atoms with Crippen LogP contribution in [0.15, 0.2) is 42.5 Å². The van der Waals surface area contributed by atoms with Crippen LogP contribution in [0.1, 0.15) is 40.0 Å². The van der Waals surface area contributed by atoms with E-state index in [2.05, 4.69) is 0 Å². The lowest BCUT2D eigenvalue weighted by atomic mass is 10.0. The Morgan fingerprint density at radius 1 is 0.917 bits per heavy atom. The van der Waals surface area contributed by atoms with Crippen molar-refractivity contribution < 1.29 is 19.1 Å². The Bertz CT molecular complexity index is 765. The first-order chi connectivity index (χ1) is 11.6. The van der Waals surface area contributed by atoms with Crippen LogP contribution in [0.3, 0.4) is 0 Å². The van der Waals surface area contributed by atoms with E-state index >= 15 is 0 Å². The van der Waals surface area contributed by atoms with Crippen LogP contribution >= 0.6 is 0 Å².